The number of amides is 3. The van der Waals surface area contributed by atoms with Gasteiger partial charge in [0.2, 0.25) is 5.91 Å². The van der Waals surface area contributed by atoms with Gasteiger partial charge in [-0.15, -0.1) is 0 Å². The van der Waals surface area contributed by atoms with Crippen LogP contribution >= 0.6 is 11.6 Å². The molecule has 0 unspecified atom stereocenters. The van der Waals surface area contributed by atoms with E-state index in [9.17, 15) is 14.4 Å². The fourth-order valence-corrected chi connectivity index (χ4v) is 2.09. The van der Waals surface area contributed by atoms with Crippen LogP contribution in [0, 0.1) is 6.92 Å². The second-order valence-corrected chi connectivity index (χ2v) is 5.45. The first-order valence-corrected chi connectivity index (χ1v) is 7.54. The van der Waals surface area contributed by atoms with E-state index in [0.29, 0.717) is 16.4 Å². The number of para-hydroxylation sites is 1. The zero-order valence-electron chi connectivity index (χ0n) is 12.9. The number of rotatable bonds is 4. The van der Waals surface area contributed by atoms with E-state index in [0.717, 1.165) is 5.56 Å². The highest BCUT2D eigenvalue weighted by atomic mass is 35.5. The van der Waals surface area contributed by atoms with Crippen molar-refractivity contribution in [3.05, 3.63) is 59.1 Å². The van der Waals surface area contributed by atoms with Crippen molar-refractivity contribution in [1.82, 2.24) is 5.32 Å². The number of anilines is 2. The summed E-state index contributed by atoms with van der Waals surface area (Å²) in [6.07, 6.45) is 0. The fraction of sp³-hybridized carbons (Fsp3) is 0.118. The third kappa shape index (κ3) is 5.10. The van der Waals surface area contributed by atoms with Gasteiger partial charge in [0.1, 0.15) is 0 Å². The fourth-order valence-electron chi connectivity index (χ4n) is 1.90. The normalized spacial score (nSPS) is 9.92. The molecule has 0 atom stereocenters. The highest BCUT2D eigenvalue weighted by molar-refractivity contribution is 6.40. The van der Waals surface area contributed by atoms with Crippen molar-refractivity contribution in [2.24, 2.45) is 0 Å². The molecule has 2 aromatic carbocycles. The van der Waals surface area contributed by atoms with E-state index in [-0.39, 0.29) is 6.54 Å². The van der Waals surface area contributed by atoms with E-state index >= 15 is 0 Å². The van der Waals surface area contributed by atoms with E-state index in [1.165, 1.54) is 6.07 Å². The molecule has 0 aromatic heterocycles. The molecule has 0 aliphatic heterocycles. The van der Waals surface area contributed by atoms with Gasteiger partial charge in [-0.3, -0.25) is 14.4 Å². The lowest BCUT2D eigenvalue weighted by atomic mass is 10.2. The molecular formula is C17H16ClN3O3. The van der Waals surface area contributed by atoms with Gasteiger partial charge in [0, 0.05) is 16.4 Å². The predicted molar refractivity (Wildman–Crippen MR) is 92.9 cm³/mol. The van der Waals surface area contributed by atoms with Gasteiger partial charge in [-0.1, -0.05) is 35.9 Å². The smallest absolute Gasteiger partial charge is 0.313 e. The minimum atomic E-state index is -0.907. The van der Waals surface area contributed by atoms with Crippen LogP contribution in [-0.4, -0.2) is 24.3 Å². The number of aryl methyl sites for hydroxylation is 1. The first-order chi connectivity index (χ1) is 11.5. The molecule has 0 aliphatic carbocycles. The molecule has 0 saturated carbocycles. The summed E-state index contributed by atoms with van der Waals surface area (Å²) in [5.74, 6) is -2.20. The SMILES string of the molecule is Cc1ccccc1NC(=O)CNC(=O)C(=O)Nc1cccc(Cl)c1. The lowest BCUT2D eigenvalue weighted by Crippen LogP contribution is -2.39. The summed E-state index contributed by atoms with van der Waals surface area (Å²) in [6, 6.07) is 13.7. The molecule has 6 nitrogen and oxygen atoms in total. The first kappa shape index (κ1) is 17.5. The molecule has 0 spiro atoms. The van der Waals surface area contributed by atoms with Crippen LogP contribution < -0.4 is 16.0 Å². The molecule has 2 aromatic rings. The molecule has 124 valence electrons. The van der Waals surface area contributed by atoms with Crippen molar-refractivity contribution >= 4 is 40.7 Å². The molecule has 0 heterocycles. The molecular weight excluding hydrogens is 330 g/mol. The Morgan fingerprint density at radius 2 is 1.71 bits per heavy atom. The Kier molecular flexibility index (Phi) is 5.92. The quantitative estimate of drug-likeness (QED) is 0.743. The van der Waals surface area contributed by atoms with Crippen LogP contribution in [0.3, 0.4) is 0 Å². The molecule has 3 amide bonds. The summed E-state index contributed by atoms with van der Waals surface area (Å²) in [7, 11) is 0. The third-order valence-corrected chi connectivity index (χ3v) is 3.35. The monoisotopic (exact) mass is 345 g/mol. The number of hydrogen-bond donors (Lipinski definition) is 3. The number of carbonyl (C=O) groups excluding carboxylic acids is 3. The van der Waals surface area contributed by atoms with Crippen LogP contribution in [0.2, 0.25) is 5.02 Å². The van der Waals surface area contributed by atoms with Crippen molar-refractivity contribution in [1.29, 1.82) is 0 Å². The molecule has 2 rings (SSSR count). The lowest BCUT2D eigenvalue weighted by molar-refractivity contribution is -0.136. The van der Waals surface area contributed by atoms with E-state index in [4.69, 9.17) is 11.6 Å². The number of benzene rings is 2. The molecule has 0 bridgehead atoms. The molecule has 24 heavy (non-hydrogen) atoms. The zero-order chi connectivity index (χ0) is 17.5. The van der Waals surface area contributed by atoms with Crippen molar-refractivity contribution < 1.29 is 14.4 Å². The van der Waals surface area contributed by atoms with Crippen LogP contribution in [0.4, 0.5) is 11.4 Å². The summed E-state index contributed by atoms with van der Waals surface area (Å²) < 4.78 is 0. The van der Waals surface area contributed by atoms with Crippen molar-refractivity contribution in [3.8, 4) is 0 Å². The van der Waals surface area contributed by atoms with Gasteiger partial charge in [-0.25, -0.2) is 0 Å². The van der Waals surface area contributed by atoms with E-state index in [2.05, 4.69) is 16.0 Å². The van der Waals surface area contributed by atoms with Gasteiger partial charge < -0.3 is 16.0 Å². The maximum Gasteiger partial charge on any atom is 0.313 e. The zero-order valence-corrected chi connectivity index (χ0v) is 13.7. The number of carbonyl (C=O) groups is 3. The minimum Gasteiger partial charge on any atom is -0.339 e. The largest absolute Gasteiger partial charge is 0.339 e. The summed E-state index contributed by atoms with van der Waals surface area (Å²) in [6.45, 7) is 1.54. The molecule has 7 heteroatoms. The van der Waals surface area contributed by atoms with Gasteiger partial charge in [0.05, 0.1) is 6.54 Å². The van der Waals surface area contributed by atoms with E-state index < -0.39 is 17.7 Å². The summed E-state index contributed by atoms with van der Waals surface area (Å²) in [5, 5.41) is 7.75. The van der Waals surface area contributed by atoms with Crippen LogP contribution in [0.5, 0.6) is 0 Å². The maximum atomic E-state index is 11.8. The van der Waals surface area contributed by atoms with Gasteiger partial charge in [-0.2, -0.15) is 0 Å². The molecule has 0 saturated heterocycles. The maximum absolute atomic E-state index is 11.8. The van der Waals surface area contributed by atoms with Crippen molar-refractivity contribution in [2.75, 3.05) is 17.2 Å². The van der Waals surface area contributed by atoms with Crippen LogP contribution in [0.15, 0.2) is 48.5 Å². The summed E-state index contributed by atoms with van der Waals surface area (Å²) in [5.41, 5.74) is 1.95. The second kappa shape index (κ2) is 8.12. The Balaban J connectivity index is 1.83. The van der Waals surface area contributed by atoms with Gasteiger partial charge in [0.15, 0.2) is 0 Å². The predicted octanol–water partition coefficient (Wildman–Crippen LogP) is 2.34. The van der Waals surface area contributed by atoms with Crippen molar-refractivity contribution in [3.63, 3.8) is 0 Å². The van der Waals surface area contributed by atoms with Gasteiger partial charge >= 0.3 is 11.8 Å². The highest BCUT2D eigenvalue weighted by Gasteiger charge is 2.15. The third-order valence-electron chi connectivity index (χ3n) is 3.12. The Bertz CT molecular complexity index is 777. The van der Waals surface area contributed by atoms with Gasteiger partial charge in [0.25, 0.3) is 0 Å². The summed E-state index contributed by atoms with van der Waals surface area (Å²) in [4.78, 5) is 35.3. The van der Waals surface area contributed by atoms with Crippen LogP contribution in [0.1, 0.15) is 5.56 Å². The lowest BCUT2D eigenvalue weighted by Gasteiger charge is -2.09. The van der Waals surface area contributed by atoms with Crippen molar-refractivity contribution in [2.45, 2.75) is 6.92 Å². The van der Waals surface area contributed by atoms with Crippen LogP contribution in [-0.2, 0) is 14.4 Å². The first-order valence-electron chi connectivity index (χ1n) is 7.16. The number of nitrogens with one attached hydrogen (secondary N) is 3. The Labute approximate surface area is 144 Å². The molecule has 3 N–H and O–H groups in total. The second-order valence-electron chi connectivity index (χ2n) is 5.01. The topological polar surface area (TPSA) is 87.3 Å². The Morgan fingerprint density at radius 3 is 2.42 bits per heavy atom. The molecule has 0 fully saturated rings. The molecule has 0 aliphatic rings. The Morgan fingerprint density at radius 1 is 0.958 bits per heavy atom. The Hall–Kier alpha value is -2.86. The number of hydrogen-bond acceptors (Lipinski definition) is 3. The minimum absolute atomic E-state index is 0.309. The van der Waals surface area contributed by atoms with Crippen LogP contribution in [0.25, 0.3) is 0 Å². The average molecular weight is 346 g/mol. The summed E-state index contributed by atoms with van der Waals surface area (Å²) >= 11 is 5.80. The van der Waals surface area contributed by atoms with E-state index in [1.54, 1.807) is 30.3 Å². The van der Waals surface area contributed by atoms with E-state index in [1.807, 2.05) is 19.1 Å². The molecule has 0 radical (unpaired) electrons. The standard InChI is InChI=1S/C17H16ClN3O3/c1-11-5-2-3-8-14(11)21-15(22)10-19-16(23)17(24)20-13-7-4-6-12(18)9-13/h2-9H,10H2,1H3,(H,19,23)(H,20,24)(H,21,22). The average Bonchev–Trinajstić information content (AvgIpc) is 2.54. The number of halogens is 1. The van der Waals surface area contributed by atoms with Gasteiger partial charge in [-0.05, 0) is 36.8 Å². The highest BCUT2D eigenvalue weighted by Crippen LogP contribution is 2.14.